The molecule has 3 atom stereocenters. The molecule has 168 valence electrons. The molecule has 7 nitrogen and oxygen atoms in total. The second-order valence-corrected chi connectivity index (χ2v) is 8.11. The molecule has 2 amide bonds. The van der Waals surface area contributed by atoms with Crippen LogP contribution in [0.1, 0.15) is 45.7 Å². The molecule has 5 rings (SSSR count). The zero-order chi connectivity index (χ0) is 22.7. The summed E-state index contributed by atoms with van der Waals surface area (Å²) in [5.74, 6) is -6.70. The van der Waals surface area contributed by atoms with Crippen molar-refractivity contribution in [3.05, 3.63) is 68.6 Å². The zero-order valence-electron chi connectivity index (χ0n) is 16.5. The number of ether oxygens (including phenoxy) is 1. The molecule has 2 fully saturated rings. The fourth-order valence-electron chi connectivity index (χ4n) is 4.69. The van der Waals surface area contributed by atoms with E-state index in [0.29, 0.717) is 18.6 Å². The third kappa shape index (κ3) is 3.19. The van der Waals surface area contributed by atoms with E-state index in [2.05, 4.69) is 5.32 Å². The van der Waals surface area contributed by atoms with E-state index in [-0.39, 0.29) is 18.7 Å². The second kappa shape index (κ2) is 7.44. The van der Waals surface area contributed by atoms with Crippen LogP contribution in [-0.2, 0) is 17.8 Å². The van der Waals surface area contributed by atoms with Gasteiger partial charge in [0.2, 0.25) is 11.2 Å². The number of benzene rings is 1. The minimum Gasteiger partial charge on any atom is -0.353 e. The highest BCUT2D eigenvalue weighted by Gasteiger charge is 2.47. The van der Waals surface area contributed by atoms with E-state index in [4.69, 9.17) is 4.74 Å². The van der Waals surface area contributed by atoms with Crippen molar-refractivity contribution in [3.8, 4) is 0 Å². The van der Waals surface area contributed by atoms with Crippen LogP contribution in [0.2, 0.25) is 0 Å². The highest BCUT2D eigenvalue weighted by molar-refractivity contribution is 5.97. The Bertz CT molecular complexity index is 1190. The Morgan fingerprint density at radius 1 is 1.12 bits per heavy atom. The van der Waals surface area contributed by atoms with E-state index in [0.717, 1.165) is 19.0 Å². The van der Waals surface area contributed by atoms with Gasteiger partial charge in [0, 0.05) is 36.5 Å². The number of rotatable bonds is 3. The van der Waals surface area contributed by atoms with Gasteiger partial charge in [0.05, 0.1) is 12.6 Å². The average Bonchev–Trinajstić information content (AvgIpc) is 3.10. The van der Waals surface area contributed by atoms with Crippen molar-refractivity contribution in [1.29, 1.82) is 0 Å². The molecule has 2 bridgehead atoms. The Kier molecular flexibility index (Phi) is 4.81. The molecule has 0 spiro atoms. The van der Waals surface area contributed by atoms with E-state index >= 15 is 0 Å². The minimum atomic E-state index is -1.37. The molecule has 11 heteroatoms. The molecule has 1 N–H and O–H groups in total. The monoisotopic (exact) mass is 451 g/mol. The second-order valence-electron chi connectivity index (χ2n) is 8.11. The molecule has 32 heavy (non-hydrogen) atoms. The summed E-state index contributed by atoms with van der Waals surface area (Å²) < 4.78 is 62.6. The topological polar surface area (TPSA) is 80.6 Å². The maximum Gasteiger partial charge on any atom is 0.276 e. The van der Waals surface area contributed by atoms with Gasteiger partial charge in [-0.25, -0.2) is 17.6 Å². The van der Waals surface area contributed by atoms with Crippen molar-refractivity contribution in [2.24, 2.45) is 0 Å². The molecule has 1 aromatic carbocycles. The first-order valence-electron chi connectivity index (χ1n) is 10.1. The van der Waals surface area contributed by atoms with Gasteiger partial charge in [0.15, 0.2) is 6.23 Å². The van der Waals surface area contributed by atoms with Crippen LogP contribution in [0.5, 0.6) is 0 Å². The van der Waals surface area contributed by atoms with Crippen LogP contribution in [-0.4, -0.2) is 39.7 Å². The molecule has 3 heterocycles. The van der Waals surface area contributed by atoms with Crippen molar-refractivity contribution in [1.82, 2.24) is 14.8 Å². The fourth-order valence-corrected chi connectivity index (χ4v) is 4.69. The molecule has 0 radical (unpaired) electrons. The van der Waals surface area contributed by atoms with Gasteiger partial charge in [0.25, 0.3) is 11.8 Å². The molecule has 1 aromatic heterocycles. The van der Waals surface area contributed by atoms with Gasteiger partial charge >= 0.3 is 0 Å². The Morgan fingerprint density at radius 2 is 1.84 bits per heavy atom. The predicted molar refractivity (Wildman–Crippen MR) is 101 cm³/mol. The van der Waals surface area contributed by atoms with E-state index in [9.17, 15) is 31.9 Å². The number of halogens is 4. The quantitative estimate of drug-likeness (QED) is 0.725. The van der Waals surface area contributed by atoms with Crippen molar-refractivity contribution in [2.45, 2.75) is 50.7 Å². The van der Waals surface area contributed by atoms with Gasteiger partial charge in [-0.2, -0.15) is 0 Å². The highest BCUT2D eigenvalue weighted by Crippen LogP contribution is 2.38. The number of hydrogen-bond donors (Lipinski definition) is 1. The molecule has 2 aromatic rings. The fraction of sp³-hybridized carbons (Fsp3) is 0.381. The first-order chi connectivity index (χ1) is 15.2. The van der Waals surface area contributed by atoms with Crippen molar-refractivity contribution < 1.29 is 31.9 Å². The number of nitrogens with one attached hydrogen (secondary N) is 1. The number of pyridine rings is 1. The SMILES string of the molecule is O=C(NCc1c(F)cc(F)cc1F)c1cn2c(c(F)c1=O)C(=O)N1[C@H]3CC[C@H](C3)O[C@@H]1C2. The molecule has 1 aliphatic carbocycles. The summed E-state index contributed by atoms with van der Waals surface area (Å²) in [6.45, 7) is -0.659. The standard InChI is InChI=1S/C21H17F4N3O4/c22-9-3-14(23)12(15(24)4-9)6-26-20(30)13-7-27-8-16-28(10-1-2-11(5-10)32-16)21(31)18(27)17(25)19(13)29/h3-4,7,10-11,16H,1-2,5-6,8H2,(H,26,30)/t10-,11+,16+/m0/s1. The molecule has 0 unspecified atom stereocenters. The molecular formula is C21H17F4N3O4. The van der Waals surface area contributed by atoms with Crippen LogP contribution in [0.15, 0.2) is 23.1 Å². The van der Waals surface area contributed by atoms with Gasteiger partial charge in [-0.1, -0.05) is 0 Å². The van der Waals surface area contributed by atoms with Crippen LogP contribution >= 0.6 is 0 Å². The number of aromatic nitrogens is 1. The van der Waals surface area contributed by atoms with Crippen molar-refractivity contribution in [3.63, 3.8) is 0 Å². The average molecular weight is 451 g/mol. The maximum atomic E-state index is 14.9. The van der Waals surface area contributed by atoms with Gasteiger partial charge in [0.1, 0.15) is 28.7 Å². The summed E-state index contributed by atoms with van der Waals surface area (Å²) in [6, 6.07) is 0.817. The van der Waals surface area contributed by atoms with E-state index in [1.165, 1.54) is 9.47 Å². The molecule has 3 aliphatic rings. The lowest BCUT2D eigenvalue weighted by Crippen LogP contribution is -2.57. The summed E-state index contributed by atoms with van der Waals surface area (Å²) >= 11 is 0. The molecule has 1 saturated heterocycles. The maximum absolute atomic E-state index is 14.9. The first kappa shape index (κ1) is 20.7. The van der Waals surface area contributed by atoms with Crippen LogP contribution < -0.4 is 10.7 Å². The first-order valence-corrected chi connectivity index (χ1v) is 10.1. The van der Waals surface area contributed by atoms with Crippen molar-refractivity contribution >= 4 is 11.8 Å². The Morgan fingerprint density at radius 3 is 2.56 bits per heavy atom. The van der Waals surface area contributed by atoms with Gasteiger partial charge in [-0.15, -0.1) is 0 Å². The molecule has 2 aliphatic heterocycles. The summed E-state index contributed by atoms with van der Waals surface area (Å²) in [6.07, 6.45) is 2.58. The minimum absolute atomic E-state index is 0.00287. The molecule has 1 saturated carbocycles. The Balaban J connectivity index is 1.44. The number of carbonyl (C=O) groups excluding carboxylic acids is 2. The van der Waals surface area contributed by atoms with Crippen LogP contribution in [0.25, 0.3) is 0 Å². The van der Waals surface area contributed by atoms with Crippen LogP contribution in [0.3, 0.4) is 0 Å². The van der Waals surface area contributed by atoms with Crippen LogP contribution in [0, 0.1) is 23.3 Å². The lowest BCUT2D eigenvalue weighted by molar-refractivity contribution is -0.132. The van der Waals surface area contributed by atoms with Gasteiger partial charge in [-0.05, 0) is 19.3 Å². The zero-order valence-corrected chi connectivity index (χ0v) is 16.5. The third-order valence-electron chi connectivity index (χ3n) is 6.20. The van der Waals surface area contributed by atoms with E-state index < -0.39 is 70.1 Å². The number of carbonyl (C=O) groups is 2. The predicted octanol–water partition coefficient (Wildman–Crippen LogP) is 2.07. The van der Waals surface area contributed by atoms with Crippen molar-refractivity contribution in [2.75, 3.05) is 0 Å². The summed E-state index contributed by atoms with van der Waals surface area (Å²) in [5, 5.41) is 2.13. The number of amides is 2. The van der Waals surface area contributed by atoms with Gasteiger partial charge in [-0.3, -0.25) is 14.4 Å². The summed E-state index contributed by atoms with van der Waals surface area (Å²) in [5.41, 5.74) is -3.00. The normalized spacial score (nSPS) is 23.7. The largest absolute Gasteiger partial charge is 0.353 e. The summed E-state index contributed by atoms with van der Waals surface area (Å²) in [7, 11) is 0. The van der Waals surface area contributed by atoms with E-state index in [1.807, 2.05) is 0 Å². The number of nitrogens with zero attached hydrogens (tertiary/aromatic N) is 2. The molecular weight excluding hydrogens is 434 g/mol. The Hall–Kier alpha value is -3.21. The van der Waals surface area contributed by atoms with E-state index in [1.54, 1.807) is 0 Å². The third-order valence-corrected chi connectivity index (χ3v) is 6.20. The highest BCUT2D eigenvalue weighted by atomic mass is 19.1. The summed E-state index contributed by atoms with van der Waals surface area (Å²) in [4.78, 5) is 39.4. The van der Waals surface area contributed by atoms with Gasteiger partial charge < -0.3 is 19.5 Å². The lowest BCUT2D eigenvalue weighted by Gasteiger charge is -2.44. The Labute approximate surface area is 178 Å². The number of fused-ring (bicyclic) bond motifs is 5. The lowest BCUT2D eigenvalue weighted by atomic mass is 10.1. The smallest absolute Gasteiger partial charge is 0.276 e. The van der Waals surface area contributed by atoms with Crippen LogP contribution in [0.4, 0.5) is 17.6 Å². The number of hydrogen-bond acceptors (Lipinski definition) is 4.